The van der Waals surface area contributed by atoms with Gasteiger partial charge < -0.3 is 106 Å². The summed E-state index contributed by atoms with van der Waals surface area (Å²) in [6, 6.07) is 10.7. The van der Waals surface area contributed by atoms with Gasteiger partial charge in [-0.15, -0.1) is 0 Å². The van der Waals surface area contributed by atoms with E-state index in [-0.39, 0.29) is 89.5 Å². The Morgan fingerprint density at radius 3 is 1.35 bits per heavy atom. The van der Waals surface area contributed by atoms with E-state index in [4.69, 9.17) is 17.2 Å². The van der Waals surface area contributed by atoms with Gasteiger partial charge in [-0.3, -0.25) is 57.5 Å². The molecule has 1 aliphatic heterocycles. The van der Waals surface area contributed by atoms with Crippen LogP contribution in [0.3, 0.4) is 0 Å². The molecule has 1 aromatic heterocycles. The van der Waals surface area contributed by atoms with Gasteiger partial charge in [0, 0.05) is 49.2 Å². The average Bonchev–Trinajstić information content (AvgIpc) is 1.30. The van der Waals surface area contributed by atoms with E-state index in [9.17, 15) is 73.5 Å². The van der Waals surface area contributed by atoms with Crippen molar-refractivity contribution >= 4 is 87.8 Å². The summed E-state index contributed by atoms with van der Waals surface area (Å²) in [6.45, 7) is 1.45. The zero-order valence-electron chi connectivity index (χ0n) is 59.2. The average molecular weight is 1470 g/mol. The molecule has 13 unspecified atom stereocenters. The number of aliphatic hydroxyl groups excluding tert-OH is 3. The predicted molar refractivity (Wildman–Crippen MR) is 386 cm³/mol. The molecule has 1 fully saturated rings. The number of carboxylic acid groups (broad SMARTS) is 1. The van der Waals surface area contributed by atoms with Crippen LogP contribution >= 0.6 is 0 Å². The summed E-state index contributed by atoms with van der Waals surface area (Å²) >= 11 is 0. The first kappa shape index (κ1) is 84.1. The number of unbranched alkanes of at least 4 members (excludes halogenated alkanes) is 2. The molecule has 4 aromatic carbocycles. The molecule has 12 amide bonds. The monoisotopic (exact) mass is 1470 g/mol. The Labute approximate surface area is 612 Å². The second-order valence-electron chi connectivity index (χ2n) is 26.2. The van der Waals surface area contributed by atoms with E-state index in [1.165, 1.54) is 24.3 Å². The van der Waals surface area contributed by atoms with Gasteiger partial charge in [0.2, 0.25) is 70.9 Å². The summed E-state index contributed by atoms with van der Waals surface area (Å²) in [5, 5.41) is 81.2. The van der Waals surface area contributed by atoms with Gasteiger partial charge in [-0.05, 0) is 119 Å². The Balaban J connectivity index is 1.43. The number of rotatable bonds is 22. The minimum Gasteiger partial charge on any atom is -0.508 e. The van der Waals surface area contributed by atoms with Crippen molar-refractivity contribution in [3.8, 4) is 5.75 Å². The fourth-order valence-electron chi connectivity index (χ4n) is 11.9. The number of hydrogen-bond donors (Lipinski definition) is 20. The lowest BCUT2D eigenvalue weighted by atomic mass is 10.00. The number of primary amides is 1. The zero-order valence-corrected chi connectivity index (χ0v) is 59.2. The van der Waals surface area contributed by atoms with Crippen molar-refractivity contribution in [2.24, 2.45) is 17.2 Å². The second-order valence-corrected chi connectivity index (χ2v) is 26.2. The van der Waals surface area contributed by atoms with Crippen molar-refractivity contribution in [2.75, 3.05) is 19.7 Å². The highest BCUT2D eigenvalue weighted by molar-refractivity contribution is 6.00. The molecule has 2 heterocycles. The van der Waals surface area contributed by atoms with Crippen LogP contribution in [0.2, 0.25) is 0 Å². The van der Waals surface area contributed by atoms with Crippen molar-refractivity contribution < 1.29 is 87.9 Å². The first-order valence-corrected chi connectivity index (χ1v) is 35.3. The number of nitrogens with one attached hydrogen (secondary N) is 12. The van der Waals surface area contributed by atoms with Gasteiger partial charge in [0.15, 0.2) is 0 Å². The fourth-order valence-corrected chi connectivity index (χ4v) is 11.9. The van der Waals surface area contributed by atoms with E-state index < -0.39 is 175 Å². The number of phenolic OH excluding ortho intramolecular Hbond substituents is 1. The van der Waals surface area contributed by atoms with E-state index in [0.717, 1.165) is 13.8 Å². The lowest BCUT2D eigenvalue weighted by molar-refractivity contribution is -0.143. The molecule has 1 aliphatic rings. The van der Waals surface area contributed by atoms with Crippen LogP contribution in [0.15, 0.2) is 115 Å². The molecule has 6 rings (SSSR count). The Morgan fingerprint density at radius 1 is 0.453 bits per heavy atom. The lowest BCUT2D eigenvalue weighted by Crippen LogP contribution is -2.63. The molecule has 0 spiro atoms. The third-order valence-corrected chi connectivity index (χ3v) is 17.7. The number of aromatic amines is 1. The van der Waals surface area contributed by atoms with Crippen molar-refractivity contribution in [3.05, 3.63) is 138 Å². The minimum absolute atomic E-state index is 0.00519. The fraction of sp³-hybridized carbons (Fsp3) is 0.466. The number of fused-ring (bicyclic) bond motifs is 1. The molecule has 574 valence electrons. The summed E-state index contributed by atoms with van der Waals surface area (Å²) in [4.78, 5) is 188. The number of benzene rings is 4. The first-order chi connectivity index (χ1) is 50.7. The smallest absolute Gasteiger partial charge is 0.326 e. The number of nitrogens with two attached hydrogens (primary N) is 3. The van der Waals surface area contributed by atoms with Crippen LogP contribution < -0.4 is 75.7 Å². The number of aliphatic carboxylic acids is 1. The Kier molecular flexibility index (Phi) is 33.9. The quantitative estimate of drug-likeness (QED) is 0.0316. The van der Waals surface area contributed by atoms with E-state index in [0.29, 0.717) is 52.4 Å². The molecule has 5 aromatic rings. The van der Waals surface area contributed by atoms with Crippen LogP contribution in [0, 0.1) is 0 Å². The molecule has 106 heavy (non-hydrogen) atoms. The van der Waals surface area contributed by atoms with Crippen LogP contribution in [-0.4, -0.2) is 206 Å². The van der Waals surface area contributed by atoms with Crippen molar-refractivity contribution in [1.82, 2.24) is 63.5 Å². The third-order valence-electron chi connectivity index (χ3n) is 17.7. The lowest BCUT2D eigenvalue weighted by Gasteiger charge is -2.29. The number of aromatic nitrogens is 1. The normalized spacial score (nSPS) is 23.9. The van der Waals surface area contributed by atoms with E-state index in [1.807, 2.05) is 0 Å². The number of amides is 12. The van der Waals surface area contributed by atoms with Crippen LogP contribution in [0.4, 0.5) is 0 Å². The molecular formula is C73H99N15O18. The van der Waals surface area contributed by atoms with Gasteiger partial charge in [0.05, 0.1) is 25.2 Å². The first-order valence-electron chi connectivity index (χ1n) is 35.3. The maximum atomic E-state index is 15.3. The summed E-state index contributed by atoms with van der Waals surface area (Å²) in [5.74, 6) is -14.1. The number of carbonyl (C=O) groups excluding carboxylic acids is 12. The molecular weight excluding hydrogens is 1370 g/mol. The molecule has 0 radical (unpaired) electrons. The maximum absolute atomic E-state index is 15.3. The van der Waals surface area contributed by atoms with E-state index in [2.05, 4.69) is 63.5 Å². The molecule has 1 saturated heterocycles. The van der Waals surface area contributed by atoms with Crippen LogP contribution in [0.5, 0.6) is 5.75 Å². The van der Waals surface area contributed by atoms with Gasteiger partial charge in [-0.1, -0.05) is 104 Å². The van der Waals surface area contributed by atoms with Crippen LogP contribution in [-0.2, 0) is 88.0 Å². The highest BCUT2D eigenvalue weighted by Gasteiger charge is 2.39. The highest BCUT2D eigenvalue weighted by atomic mass is 16.4. The summed E-state index contributed by atoms with van der Waals surface area (Å²) in [6.07, 6.45) is -2.84. The number of carbonyl (C=O) groups is 13. The molecule has 33 nitrogen and oxygen atoms in total. The highest BCUT2D eigenvalue weighted by Crippen LogP contribution is 2.21. The number of aliphatic hydroxyl groups is 3. The maximum Gasteiger partial charge on any atom is 0.326 e. The van der Waals surface area contributed by atoms with Gasteiger partial charge in [0.25, 0.3) is 0 Å². The summed E-state index contributed by atoms with van der Waals surface area (Å²) < 4.78 is 0. The van der Waals surface area contributed by atoms with Crippen LogP contribution in [0.25, 0.3) is 10.9 Å². The number of phenols is 1. The van der Waals surface area contributed by atoms with Gasteiger partial charge in [-0.2, -0.15) is 0 Å². The van der Waals surface area contributed by atoms with Crippen molar-refractivity contribution in [2.45, 2.75) is 195 Å². The number of hydrogen-bond acceptors (Lipinski definition) is 19. The number of para-hydroxylation sites is 1. The topological polar surface area (TPSA) is 549 Å². The molecule has 23 N–H and O–H groups in total. The van der Waals surface area contributed by atoms with Crippen molar-refractivity contribution in [1.29, 1.82) is 0 Å². The SMILES string of the molecule is CC(O)C1NC(=O)C(Cc2ccc(O)cc2)NC(=O)C(C(C)O)NC(=O)C(CCCCN)NC(=O)C(Cc2c[nH]c3ccccc23)NC(=O)C(Cc2ccccc2)NC(=O)C(Cc2ccccc2)NC(=O)C(CC(N)=O)NC(=O)C(CCCCN)NC(=O)CCCCCC(C(=O)O)NC(=O)C(CO)NC1=O. The van der Waals surface area contributed by atoms with Crippen molar-refractivity contribution in [3.63, 3.8) is 0 Å². The predicted octanol–water partition coefficient (Wildman–Crippen LogP) is -2.59. The Morgan fingerprint density at radius 2 is 0.858 bits per heavy atom. The molecule has 0 aliphatic carbocycles. The Hall–Kier alpha value is -10.9. The van der Waals surface area contributed by atoms with Gasteiger partial charge in [0.1, 0.15) is 72.2 Å². The second kappa shape index (κ2) is 42.8. The van der Waals surface area contributed by atoms with Gasteiger partial charge in [-0.25, -0.2) is 4.79 Å². The van der Waals surface area contributed by atoms with E-state index in [1.54, 1.807) is 91.1 Å². The largest absolute Gasteiger partial charge is 0.508 e. The number of H-pyrrole nitrogens is 1. The minimum atomic E-state index is -1.96. The number of aromatic hydroxyl groups is 1. The van der Waals surface area contributed by atoms with Gasteiger partial charge >= 0.3 is 5.97 Å². The molecule has 0 bridgehead atoms. The molecule has 0 saturated carbocycles. The van der Waals surface area contributed by atoms with Crippen LogP contribution in [0.1, 0.15) is 113 Å². The number of carboxylic acids is 1. The molecule has 13 atom stereocenters. The zero-order chi connectivity index (χ0) is 77.4. The Bertz CT molecular complexity index is 3790. The summed E-state index contributed by atoms with van der Waals surface area (Å²) in [5.41, 5.74) is 19.8. The summed E-state index contributed by atoms with van der Waals surface area (Å²) in [7, 11) is 0. The standard InChI is InChI=1S/C73H99N15O18/c1-41(90)61-71(103)85-55(36-45-28-30-47(92)31-29-45)69(101)88-62(42(2)91)72(104)86-58(40-89)70(102)80-52(73(105)106)26-10-5-11-27-60(94)78-50(24-14-16-32-74)63(95)84-57(38-59(76)93)68(100)82-53(34-43-18-6-3-7-19-43)65(97)81-54(35-44-20-8-4-9-21-44)66(98)83-56(37-46-39-77-49-23-13-12-22-48(46)49)67(99)79-51(64(96)87-61)25-15-17-33-75/h3-4,6-9,12-13,18-23,28-31,39,41-42,50-58,61-62,77,89-92H,5,10-11,14-17,24-27,32-38,40,74-75H2,1-2H3,(H2,76,93)(H,78,94)(H,79,99)(H,80,102)(H,81,97)(H,82,100)(H,83,98)(H,84,95)(H,85,103)(H,86,104)(H,87,96)(H,88,101)(H,105,106). The third kappa shape index (κ3) is 27.0. The molecule has 33 heteroatoms. The van der Waals surface area contributed by atoms with E-state index >= 15 is 14.4 Å².